The summed E-state index contributed by atoms with van der Waals surface area (Å²) in [6.45, 7) is 0.986. The minimum absolute atomic E-state index is 0.106. The number of nitrogens with zero attached hydrogens (tertiary/aromatic N) is 3. The molecule has 8 N–H and O–H groups in total. The van der Waals surface area contributed by atoms with Gasteiger partial charge in [-0.25, -0.2) is 9.98 Å². The number of hydrogen-bond acceptors (Lipinski definition) is 11. The average molecular weight is 492 g/mol. The maximum Gasteiger partial charge on any atom is 0.244 e. The molecule has 13 heteroatoms. The Morgan fingerprint density at radius 3 is 2.80 bits per heavy atom. The summed E-state index contributed by atoms with van der Waals surface area (Å²) in [4.78, 5) is 36.9. The molecule has 1 aliphatic carbocycles. The van der Waals surface area contributed by atoms with Crippen LogP contribution in [0.1, 0.15) is 19.8 Å². The molecular weight excluding hydrogens is 458 g/mol. The van der Waals surface area contributed by atoms with E-state index in [-0.39, 0.29) is 19.1 Å². The fraction of sp³-hybridized carbons (Fsp3) is 0.591. The molecule has 2 aliphatic heterocycles. The Labute approximate surface area is 202 Å². The number of nitrogens with one attached hydrogen (secondary N) is 4. The monoisotopic (exact) mass is 491 g/mol. The van der Waals surface area contributed by atoms with Crippen molar-refractivity contribution >= 4 is 30.3 Å². The van der Waals surface area contributed by atoms with Gasteiger partial charge in [0.1, 0.15) is 30.4 Å². The minimum Gasteiger partial charge on any atom is -0.394 e. The number of hydrogen-bond donors (Lipinski definition) is 8. The SMILES string of the molecule is CC/C=C/C=C/C(=O)NCC(=O)NC1C(O)C(O)C(NC2=NC=NC3NC=NC23)CC1C(O)CO. The van der Waals surface area contributed by atoms with Crippen molar-refractivity contribution in [2.75, 3.05) is 13.2 Å². The Balaban J connectivity index is 1.62. The molecular formula is C22H33N7O6. The van der Waals surface area contributed by atoms with Crippen molar-refractivity contribution in [3.05, 3.63) is 24.3 Å². The molecule has 0 bridgehead atoms. The summed E-state index contributed by atoms with van der Waals surface area (Å²) in [6, 6.07) is -2.23. The van der Waals surface area contributed by atoms with Gasteiger partial charge in [0.2, 0.25) is 11.8 Å². The van der Waals surface area contributed by atoms with Crippen LogP contribution in [-0.2, 0) is 9.59 Å². The normalized spacial score (nSPS) is 32.7. The highest BCUT2D eigenvalue weighted by Gasteiger charge is 2.47. The Morgan fingerprint density at radius 2 is 2.06 bits per heavy atom. The van der Waals surface area contributed by atoms with E-state index in [1.54, 1.807) is 12.2 Å². The van der Waals surface area contributed by atoms with Gasteiger partial charge in [-0.2, -0.15) is 0 Å². The second kappa shape index (κ2) is 12.5. The fourth-order valence-electron chi connectivity index (χ4n) is 4.25. The first kappa shape index (κ1) is 26.5. The Kier molecular flexibility index (Phi) is 9.48. The molecule has 0 aromatic rings. The van der Waals surface area contributed by atoms with Gasteiger partial charge in [0.25, 0.3) is 0 Å². The van der Waals surface area contributed by atoms with E-state index >= 15 is 0 Å². The molecule has 8 unspecified atom stereocenters. The van der Waals surface area contributed by atoms with E-state index in [4.69, 9.17) is 0 Å². The van der Waals surface area contributed by atoms with E-state index in [0.717, 1.165) is 6.42 Å². The van der Waals surface area contributed by atoms with Crippen LogP contribution >= 0.6 is 0 Å². The molecule has 3 rings (SSSR count). The van der Waals surface area contributed by atoms with Gasteiger partial charge in [0.05, 0.1) is 37.7 Å². The lowest BCUT2D eigenvalue weighted by Crippen LogP contribution is -2.66. The number of aliphatic imine (C=N–C) groups is 3. The summed E-state index contributed by atoms with van der Waals surface area (Å²) in [6.07, 6.45) is 5.83. The Morgan fingerprint density at radius 1 is 1.26 bits per heavy atom. The molecule has 0 spiro atoms. The standard InChI is InChI=1S/C22H33N7O6/c1-2-3-4-5-6-15(32)23-8-16(33)29-17-12(14(31)9-30)7-13(19(34)20(17)35)28-22-18-21(25-10-24-18)26-11-27-22/h3-6,10-14,17-21,30-31,34-35H,2,7-9H2,1H3,(H,23,32)(H,24,25)(H,29,33)(H,26,27,28)/b4-3+,6-5+. The van der Waals surface area contributed by atoms with Gasteiger partial charge >= 0.3 is 0 Å². The van der Waals surface area contributed by atoms with Crippen molar-refractivity contribution in [3.8, 4) is 0 Å². The number of carbonyl (C=O) groups excluding carboxylic acids is 2. The number of fused-ring (bicyclic) bond motifs is 1. The summed E-state index contributed by atoms with van der Waals surface area (Å²) in [5.74, 6) is -1.45. The van der Waals surface area contributed by atoms with Crippen LogP contribution in [0.3, 0.4) is 0 Å². The zero-order valence-electron chi connectivity index (χ0n) is 19.4. The number of rotatable bonds is 9. The summed E-state index contributed by atoms with van der Waals surface area (Å²) in [5.41, 5.74) is 0. The molecule has 35 heavy (non-hydrogen) atoms. The maximum atomic E-state index is 12.5. The smallest absolute Gasteiger partial charge is 0.244 e. The van der Waals surface area contributed by atoms with Crippen LogP contribution in [-0.4, -0.2) is 107 Å². The quantitative estimate of drug-likeness (QED) is 0.123. The van der Waals surface area contributed by atoms with Gasteiger partial charge < -0.3 is 41.7 Å². The Hall–Kier alpha value is -3.13. The average Bonchev–Trinajstić information content (AvgIpc) is 3.34. The Bertz CT molecular complexity index is 905. The molecule has 8 atom stereocenters. The molecule has 1 fully saturated rings. The van der Waals surface area contributed by atoms with Gasteiger partial charge in [-0.1, -0.05) is 25.2 Å². The van der Waals surface area contributed by atoms with Gasteiger partial charge in [-0.3, -0.25) is 14.6 Å². The third-order valence-electron chi connectivity index (χ3n) is 6.10. The van der Waals surface area contributed by atoms with Crippen LogP contribution in [0.4, 0.5) is 0 Å². The molecule has 1 saturated carbocycles. The minimum atomic E-state index is -1.47. The van der Waals surface area contributed by atoms with Crippen molar-refractivity contribution in [1.29, 1.82) is 0 Å². The molecule has 192 valence electrons. The van der Waals surface area contributed by atoms with Crippen LogP contribution in [0.25, 0.3) is 0 Å². The first-order valence-electron chi connectivity index (χ1n) is 11.5. The van der Waals surface area contributed by atoms with Gasteiger partial charge in [0.15, 0.2) is 6.17 Å². The van der Waals surface area contributed by atoms with Crippen LogP contribution in [0.2, 0.25) is 0 Å². The highest BCUT2D eigenvalue weighted by molar-refractivity contribution is 5.97. The lowest BCUT2D eigenvalue weighted by atomic mass is 9.75. The lowest BCUT2D eigenvalue weighted by Gasteiger charge is -2.45. The van der Waals surface area contributed by atoms with Crippen molar-refractivity contribution in [1.82, 2.24) is 21.3 Å². The van der Waals surface area contributed by atoms with E-state index in [2.05, 4.69) is 36.2 Å². The van der Waals surface area contributed by atoms with E-state index in [0.29, 0.717) is 5.84 Å². The molecule has 0 saturated heterocycles. The molecule has 2 amide bonds. The number of carbonyl (C=O) groups is 2. The highest BCUT2D eigenvalue weighted by Crippen LogP contribution is 2.29. The number of allylic oxidation sites excluding steroid dienone is 3. The van der Waals surface area contributed by atoms with Crippen LogP contribution < -0.4 is 21.3 Å². The highest BCUT2D eigenvalue weighted by atomic mass is 16.3. The number of amidine groups is 1. The molecule has 0 aromatic heterocycles. The predicted octanol–water partition coefficient (Wildman–Crippen LogP) is -3.07. The van der Waals surface area contributed by atoms with E-state index in [1.165, 1.54) is 18.8 Å². The molecule has 0 radical (unpaired) electrons. The van der Waals surface area contributed by atoms with Crippen LogP contribution in [0.15, 0.2) is 39.3 Å². The van der Waals surface area contributed by atoms with E-state index < -0.39 is 60.8 Å². The topological polar surface area (TPSA) is 200 Å². The van der Waals surface area contributed by atoms with Crippen molar-refractivity contribution in [3.63, 3.8) is 0 Å². The summed E-state index contributed by atoms with van der Waals surface area (Å²) in [7, 11) is 0. The fourth-order valence-corrected chi connectivity index (χ4v) is 4.25. The largest absolute Gasteiger partial charge is 0.394 e. The zero-order chi connectivity index (χ0) is 25.4. The van der Waals surface area contributed by atoms with Gasteiger partial charge in [-0.15, -0.1) is 0 Å². The third-order valence-corrected chi connectivity index (χ3v) is 6.10. The van der Waals surface area contributed by atoms with Gasteiger partial charge in [0, 0.05) is 12.0 Å². The molecule has 2 heterocycles. The second-order valence-electron chi connectivity index (χ2n) is 8.50. The molecule has 13 nitrogen and oxygen atoms in total. The third kappa shape index (κ3) is 6.72. The number of amides is 2. The molecule has 3 aliphatic rings. The summed E-state index contributed by atoms with van der Waals surface area (Å²) >= 11 is 0. The summed E-state index contributed by atoms with van der Waals surface area (Å²) in [5, 5.41) is 52.6. The number of aliphatic hydroxyl groups excluding tert-OH is 4. The van der Waals surface area contributed by atoms with Gasteiger partial charge in [-0.05, 0) is 12.8 Å². The summed E-state index contributed by atoms with van der Waals surface area (Å²) < 4.78 is 0. The van der Waals surface area contributed by atoms with Crippen molar-refractivity contribution < 1.29 is 30.0 Å². The van der Waals surface area contributed by atoms with Crippen LogP contribution in [0, 0.1) is 5.92 Å². The number of aliphatic hydroxyl groups is 4. The first-order chi connectivity index (χ1) is 16.8. The van der Waals surface area contributed by atoms with Crippen molar-refractivity contribution in [2.45, 2.75) is 62.4 Å². The molecule has 0 aromatic carbocycles. The first-order valence-corrected chi connectivity index (χ1v) is 11.5. The lowest BCUT2D eigenvalue weighted by molar-refractivity contribution is -0.131. The van der Waals surface area contributed by atoms with Crippen LogP contribution in [0.5, 0.6) is 0 Å². The zero-order valence-corrected chi connectivity index (χ0v) is 19.4. The second-order valence-corrected chi connectivity index (χ2v) is 8.50. The van der Waals surface area contributed by atoms with E-state index in [9.17, 15) is 30.0 Å². The predicted molar refractivity (Wildman–Crippen MR) is 129 cm³/mol. The maximum absolute atomic E-state index is 12.5. The van der Waals surface area contributed by atoms with Crippen molar-refractivity contribution in [2.24, 2.45) is 20.9 Å². The van der Waals surface area contributed by atoms with E-state index in [1.807, 2.05) is 13.0 Å².